The maximum atomic E-state index is 11.8. The molecule has 4 rings (SSSR count). The molecule has 0 saturated carbocycles. The standard InChI is InChI=1S/C22H17N5O/c23-21(28)18-9-2-1-7-16(18)17-8-3-4-10-20(17)27-22-25-13-11-19(26-22)15-6-5-12-24-14-15/h1-14H,(H2,23,28)(H,25,26,27). The van der Waals surface area contributed by atoms with Crippen molar-refractivity contribution in [2.24, 2.45) is 5.73 Å². The maximum absolute atomic E-state index is 11.8. The number of aromatic nitrogens is 3. The second-order valence-corrected chi connectivity index (χ2v) is 6.09. The fourth-order valence-electron chi connectivity index (χ4n) is 2.97. The molecule has 0 aliphatic heterocycles. The number of pyridine rings is 1. The smallest absolute Gasteiger partial charge is 0.249 e. The van der Waals surface area contributed by atoms with Gasteiger partial charge in [-0.3, -0.25) is 9.78 Å². The molecule has 2 aromatic heterocycles. The summed E-state index contributed by atoms with van der Waals surface area (Å²) in [5, 5.41) is 3.25. The van der Waals surface area contributed by atoms with Crippen LogP contribution >= 0.6 is 0 Å². The van der Waals surface area contributed by atoms with Gasteiger partial charge in [0, 0.05) is 41.0 Å². The third-order valence-electron chi connectivity index (χ3n) is 4.27. The first-order valence-electron chi connectivity index (χ1n) is 8.71. The summed E-state index contributed by atoms with van der Waals surface area (Å²) in [7, 11) is 0. The maximum Gasteiger partial charge on any atom is 0.249 e. The zero-order valence-corrected chi connectivity index (χ0v) is 14.9. The van der Waals surface area contributed by atoms with Crippen LogP contribution in [-0.4, -0.2) is 20.9 Å². The summed E-state index contributed by atoms with van der Waals surface area (Å²) in [4.78, 5) is 24.9. The highest BCUT2D eigenvalue weighted by atomic mass is 16.1. The average molecular weight is 367 g/mol. The predicted molar refractivity (Wildman–Crippen MR) is 109 cm³/mol. The van der Waals surface area contributed by atoms with E-state index in [0.29, 0.717) is 11.5 Å². The Labute approximate surface area is 162 Å². The molecule has 2 aromatic carbocycles. The number of anilines is 2. The summed E-state index contributed by atoms with van der Waals surface area (Å²) in [6.45, 7) is 0. The molecule has 0 aliphatic rings. The van der Waals surface area contributed by atoms with Gasteiger partial charge in [0.05, 0.1) is 5.69 Å². The molecular weight excluding hydrogens is 350 g/mol. The van der Waals surface area contributed by atoms with Crippen LogP contribution in [0.25, 0.3) is 22.4 Å². The van der Waals surface area contributed by atoms with Crippen molar-refractivity contribution in [1.82, 2.24) is 15.0 Å². The van der Waals surface area contributed by atoms with E-state index in [1.54, 1.807) is 30.7 Å². The Bertz CT molecular complexity index is 1130. The second kappa shape index (κ2) is 7.67. The Hall–Kier alpha value is -4.06. The molecule has 0 bridgehead atoms. The summed E-state index contributed by atoms with van der Waals surface area (Å²) in [5.74, 6) is -0.0226. The number of hydrogen-bond acceptors (Lipinski definition) is 5. The number of rotatable bonds is 5. The van der Waals surface area contributed by atoms with E-state index >= 15 is 0 Å². The van der Waals surface area contributed by atoms with Gasteiger partial charge in [0.1, 0.15) is 0 Å². The Morgan fingerprint density at radius 1 is 0.857 bits per heavy atom. The Kier molecular flexibility index (Phi) is 4.76. The molecule has 0 aliphatic carbocycles. The Morgan fingerprint density at radius 2 is 1.64 bits per heavy atom. The number of primary amides is 1. The van der Waals surface area contributed by atoms with Crippen molar-refractivity contribution in [3.05, 3.63) is 90.9 Å². The summed E-state index contributed by atoms with van der Waals surface area (Å²) in [6, 6.07) is 20.5. The summed E-state index contributed by atoms with van der Waals surface area (Å²) < 4.78 is 0. The van der Waals surface area contributed by atoms with Crippen molar-refractivity contribution in [2.75, 3.05) is 5.32 Å². The molecule has 0 fully saturated rings. The molecule has 1 amide bonds. The van der Waals surface area contributed by atoms with Gasteiger partial charge in [-0.2, -0.15) is 0 Å². The van der Waals surface area contributed by atoms with E-state index in [4.69, 9.17) is 5.73 Å². The molecule has 136 valence electrons. The number of carbonyl (C=O) groups is 1. The van der Waals surface area contributed by atoms with Crippen molar-refractivity contribution in [1.29, 1.82) is 0 Å². The van der Waals surface area contributed by atoms with Gasteiger partial charge >= 0.3 is 0 Å². The number of para-hydroxylation sites is 1. The fraction of sp³-hybridized carbons (Fsp3) is 0. The lowest BCUT2D eigenvalue weighted by molar-refractivity contribution is 0.100. The number of nitrogens with two attached hydrogens (primary N) is 1. The number of nitrogens with zero attached hydrogens (tertiary/aromatic N) is 3. The monoisotopic (exact) mass is 367 g/mol. The van der Waals surface area contributed by atoms with Gasteiger partial charge in [-0.1, -0.05) is 36.4 Å². The minimum atomic E-state index is -0.472. The van der Waals surface area contributed by atoms with Crippen LogP contribution in [0.2, 0.25) is 0 Å². The lowest BCUT2D eigenvalue weighted by Gasteiger charge is -2.13. The van der Waals surface area contributed by atoms with E-state index in [1.807, 2.05) is 54.6 Å². The van der Waals surface area contributed by atoms with Crippen LogP contribution in [0, 0.1) is 0 Å². The van der Waals surface area contributed by atoms with Crippen LogP contribution in [0.3, 0.4) is 0 Å². The number of hydrogen-bond donors (Lipinski definition) is 2. The third-order valence-corrected chi connectivity index (χ3v) is 4.27. The number of carbonyl (C=O) groups excluding carboxylic acids is 1. The first-order chi connectivity index (χ1) is 13.7. The van der Waals surface area contributed by atoms with Crippen LogP contribution < -0.4 is 11.1 Å². The minimum absolute atomic E-state index is 0.449. The molecule has 4 aromatic rings. The van der Waals surface area contributed by atoms with Crippen molar-refractivity contribution < 1.29 is 4.79 Å². The van der Waals surface area contributed by atoms with Crippen LogP contribution in [0.15, 0.2) is 85.3 Å². The molecule has 28 heavy (non-hydrogen) atoms. The first-order valence-corrected chi connectivity index (χ1v) is 8.71. The van der Waals surface area contributed by atoms with Gasteiger partial charge in [-0.25, -0.2) is 9.97 Å². The van der Waals surface area contributed by atoms with Gasteiger partial charge in [0.2, 0.25) is 11.9 Å². The summed E-state index contributed by atoms with van der Waals surface area (Å²) in [6.07, 6.45) is 5.16. The second-order valence-electron chi connectivity index (χ2n) is 6.09. The highest BCUT2D eigenvalue weighted by Gasteiger charge is 2.13. The Balaban J connectivity index is 1.73. The van der Waals surface area contributed by atoms with Crippen LogP contribution in [0.4, 0.5) is 11.6 Å². The predicted octanol–water partition coefficient (Wildman–Crippen LogP) is 4.05. The quantitative estimate of drug-likeness (QED) is 0.555. The zero-order valence-electron chi connectivity index (χ0n) is 14.9. The molecule has 6 heteroatoms. The van der Waals surface area contributed by atoms with Crippen molar-refractivity contribution in [3.8, 4) is 22.4 Å². The van der Waals surface area contributed by atoms with Gasteiger partial charge in [-0.05, 0) is 35.9 Å². The average Bonchev–Trinajstić information content (AvgIpc) is 2.75. The topological polar surface area (TPSA) is 93.8 Å². The Morgan fingerprint density at radius 3 is 2.43 bits per heavy atom. The lowest BCUT2D eigenvalue weighted by Crippen LogP contribution is -2.12. The molecule has 6 nitrogen and oxygen atoms in total. The van der Waals surface area contributed by atoms with E-state index in [1.165, 1.54) is 0 Å². The molecular formula is C22H17N5O. The van der Waals surface area contributed by atoms with Crippen LogP contribution in [0.5, 0.6) is 0 Å². The highest BCUT2D eigenvalue weighted by molar-refractivity contribution is 6.01. The number of benzene rings is 2. The molecule has 0 atom stereocenters. The molecule has 0 radical (unpaired) electrons. The SMILES string of the molecule is NC(=O)c1ccccc1-c1ccccc1Nc1nccc(-c2cccnc2)n1. The number of amides is 1. The minimum Gasteiger partial charge on any atom is -0.366 e. The molecule has 0 saturated heterocycles. The van der Waals surface area contributed by atoms with Gasteiger partial charge in [0.25, 0.3) is 0 Å². The highest BCUT2D eigenvalue weighted by Crippen LogP contribution is 2.32. The van der Waals surface area contributed by atoms with Crippen molar-refractivity contribution in [3.63, 3.8) is 0 Å². The van der Waals surface area contributed by atoms with E-state index < -0.39 is 5.91 Å². The van der Waals surface area contributed by atoms with E-state index in [0.717, 1.165) is 28.1 Å². The zero-order chi connectivity index (χ0) is 19.3. The van der Waals surface area contributed by atoms with E-state index in [9.17, 15) is 4.79 Å². The van der Waals surface area contributed by atoms with E-state index in [-0.39, 0.29) is 0 Å². The number of nitrogens with one attached hydrogen (secondary N) is 1. The van der Waals surface area contributed by atoms with Crippen LogP contribution in [-0.2, 0) is 0 Å². The fourth-order valence-corrected chi connectivity index (χ4v) is 2.97. The summed E-state index contributed by atoms with van der Waals surface area (Å²) in [5.41, 5.74) is 10.0. The van der Waals surface area contributed by atoms with Gasteiger partial charge in [0.15, 0.2) is 0 Å². The van der Waals surface area contributed by atoms with E-state index in [2.05, 4.69) is 20.3 Å². The summed E-state index contributed by atoms with van der Waals surface area (Å²) >= 11 is 0. The van der Waals surface area contributed by atoms with Gasteiger partial charge < -0.3 is 11.1 Å². The van der Waals surface area contributed by atoms with Crippen molar-refractivity contribution in [2.45, 2.75) is 0 Å². The molecule has 0 spiro atoms. The molecule has 0 unspecified atom stereocenters. The van der Waals surface area contributed by atoms with Crippen molar-refractivity contribution >= 4 is 17.5 Å². The largest absolute Gasteiger partial charge is 0.366 e. The first kappa shape index (κ1) is 17.4. The normalized spacial score (nSPS) is 10.4. The molecule has 3 N–H and O–H groups in total. The van der Waals surface area contributed by atoms with Crippen LogP contribution in [0.1, 0.15) is 10.4 Å². The lowest BCUT2D eigenvalue weighted by atomic mass is 9.98. The third kappa shape index (κ3) is 3.57. The molecule has 2 heterocycles. The van der Waals surface area contributed by atoms with Gasteiger partial charge in [-0.15, -0.1) is 0 Å².